The summed E-state index contributed by atoms with van der Waals surface area (Å²) in [4.78, 5) is 25.2. The molecule has 114 valence electrons. The maximum Gasteiger partial charge on any atom is 0.335 e. The number of rotatable bonds is 4. The van der Waals surface area contributed by atoms with Crippen LogP contribution in [0.2, 0.25) is 0 Å². The first-order chi connectivity index (χ1) is 9.91. The zero-order valence-corrected chi connectivity index (χ0v) is 12.3. The standard InChI is InChI=1S/C16H20FNO3/c1-10(2)18(12-5-3-4-6-12)15(19)13-8-7-11(16(20)21)9-14(13)17/h7-10,12H,3-6H2,1-2H3,(H,20,21). The van der Waals surface area contributed by atoms with E-state index < -0.39 is 11.8 Å². The van der Waals surface area contributed by atoms with Gasteiger partial charge in [-0.25, -0.2) is 9.18 Å². The summed E-state index contributed by atoms with van der Waals surface area (Å²) in [7, 11) is 0. The van der Waals surface area contributed by atoms with E-state index in [-0.39, 0.29) is 29.1 Å². The number of aromatic carboxylic acids is 1. The molecule has 1 saturated carbocycles. The van der Waals surface area contributed by atoms with Crippen LogP contribution in [0.25, 0.3) is 0 Å². The number of nitrogens with zero attached hydrogens (tertiary/aromatic N) is 1. The molecule has 5 heteroatoms. The van der Waals surface area contributed by atoms with E-state index in [1.165, 1.54) is 12.1 Å². The molecule has 4 nitrogen and oxygen atoms in total. The van der Waals surface area contributed by atoms with E-state index in [9.17, 15) is 14.0 Å². The van der Waals surface area contributed by atoms with Crippen LogP contribution >= 0.6 is 0 Å². The molecule has 0 aromatic heterocycles. The highest BCUT2D eigenvalue weighted by molar-refractivity contribution is 5.96. The van der Waals surface area contributed by atoms with Crippen LogP contribution in [-0.2, 0) is 0 Å². The fourth-order valence-corrected chi connectivity index (χ4v) is 2.97. The molecule has 0 aliphatic heterocycles. The summed E-state index contributed by atoms with van der Waals surface area (Å²) in [5.74, 6) is -2.33. The molecule has 0 radical (unpaired) electrons. The van der Waals surface area contributed by atoms with Crippen molar-refractivity contribution < 1.29 is 19.1 Å². The van der Waals surface area contributed by atoms with Gasteiger partial charge in [0.25, 0.3) is 5.91 Å². The Hall–Kier alpha value is -1.91. The Morgan fingerprint density at radius 2 is 1.90 bits per heavy atom. The van der Waals surface area contributed by atoms with Gasteiger partial charge in [0.1, 0.15) is 5.82 Å². The van der Waals surface area contributed by atoms with E-state index >= 15 is 0 Å². The SMILES string of the molecule is CC(C)N(C(=O)c1ccc(C(=O)O)cc1F)C1CCCC1. The molecular weight excluding hydrogens is 273 g/mol. The largest absolute Gasteiger partial charge is 0.478 e. The summed E-state index contributed by atoms with van der Waals surface area (Å²) >= 11 is 0. The average Bonchev–Trinajstić information content (AvgIpc) is 2.91. The van der Waals surface area contributed by atoms with Gasteiger partial charge in [-0.3, -0.25) is 4.79 Å². The highest BCUT2D eigenvalue weighted by Crippen LogP contribution is 2.27. The van der Waals surface area contributed by atoms with Gasteiger partial charge >= 0.3 is 5.97 Å². The van der Waals surface area contributed by atoms with Gasteiger partial charge in [0.15, 0.2) is 0 Å². The minimum Gasteiger partial charge on any atom is -0.478 e. The fourth-order valence-electron chi connectivity index (χ4n) is 2.97. The van der Waals surface area contributed by atoms with Crippen LogP contribution in [-0.4, -0.2) is 34.0 Å². The molecular formula is C16H20FNO3. The van der Waals surface area contributed by atoms with E-state index in [1.54, 1.807) is 4.90 Å². The van der Waals surface area contributed by atoms with Crippen molar-refractivity contribution in [3.8, 4) is 0 Å². The highest BCUT2D eigenvalue weighted by Gasteiger charge is 2.30. The van der Waals surface area contributed by atoms with Crippen molar-refractivity contribution in [1.29, 1.82) is 0 Å². The van der Waals surface area contributed by atoms with E-state index in [2.05, 4.69) is 0 Å². The summed E-state index contributed by atoms with van der Waals surface area (Å²) in [6.07, 6.45) is 4.06. The summed E-state index contributed by atoms with van der Waals surface area (Å²) < 4.78 is 14.1. The molecule has 1 aromatic rings. The summed E-state index contributed by atoms with van der Waals surface area (Å²) in [6, 6.07) is 3.58. The number of benzene rings is 1. The van der Waals surface area contributed by atoms with Crippen molar-refractivity contribution >= 4 is 11.9 Å². The molecule has 1 aliphatic carbocycles. The van der Waals surface area contributed by atoms with Gasteiger partial charge in [-0.15, -0.1) is 0 Å². The van der Waals surface area contributed by atoms with Crippen molar-refractivity contribution in [3.05, 3.63) is 35.1 Å². The molecule has 0 spiro atoms. The molecule has 1 fully saturated rings. The van der Waals surface area contributed by atoms with Crippen molar-refractivity contribution in [3.63, 3.8) is 0 Å². The summed E-state index contributed by atoms with van der Waals surface area (Å²) in [5, 5.41) is 8.85. The molecule has 0 unspecified atom stereocenters. The van der Waals surface area contributed by atoms with E-state index in [0.29, 0.717) is 0 Å². The molecule has 0 bridgehead atoms. The Bertz CT molecular complexity index is 550. The lowest BCUT2D eigenvalue weighted by molar-refractivity contribution is 0.0605. The summed E-state index contributed by atoms with van der Waals surface area (Å²) in [6.45, 7) is 3.83. The van der Waals surface area contributed by atoms with Crippen LogP contribution in [0, 0.1) is 5.82 Å². The molecule has 1 amide bonds. The molecule has 1 aliphatic rings. The van der Waals surface area contributed by atoms with E-state index in [4.69, 9.17) is 5.11 Å². The van der Waals surface area contributed by atoms with Gasteiger partial charge < -0.3 is 10.0 Å². The molecule has 2 rings (SSSR count). The van der Waals surface area contributed by atoms with Crippen LogP contribution < -0.4 is 0 Å². The minimum absolute atomic E-state index is 0.0147. The smallest absolute Gasteiger partial charge is 0.335 e. The first-order valence-corrected chi connectivity index (χ1v) is 7.27. The quantitative estimate of drug-likeness (QED) is 0.926. The first-order valence-electron chi connectivity index (χ1n) is 7.27. The molecule has 21 heavy (non-hydrogen) atoms. The van der Waals surface area contributed by atoms with E-state index in [1.807, 2.05) is 13.8 Å². The third-order valence-corrected chi connectivity index (χ3v) is 3.96. The molecule has 1 aromatic carbocycles. The molecule has 0 saturated heterocycles. The van der Waals surface area contributed by atoms with Crippen LogP contribution in [0.1, 0.15) is 60.2 Å². The number of hydrogen-bond acceptors (Lipinski definition) is 2. The van der Waals surface area contributed by atoms with Crippen molar-refractivity contribution in [2.45, 2.75) is 51.6 Å². The number of carboxylic acids is 1. The average molecular weight is 293 g/mol. The van der Waals surface area contributed by atoms with Crippen molar-refractivity contribution in [2.75, 3.05) is 0 Å². The molecule has 1 N–H and O–H groups in total. The lowest BCUT2D eigenvalue weighted by Crippen LogP contribution is -2.44. The third-order valence-electron chi connectivity index (χ3n) is 3.96. The molecule has 0 atom stereocenters. The third kappa shape index (κ3) is 3.23. The second-order valence-corrected chi connectivity index (χ2v) is 5.74. The lowest BCUT2D eigenvalue weighted by Gasteiger charge is -2.33. The van der Waals surface area contributed by atoms with Crippen LogP contribution in [0.5, 0.6) is 0 Å². The lowest BCUT2D eigenvalue weighted by atomic mass is 10.1. The normalized spacial score (nSPS) is 15.4. The number of carbonyl (C=O) groups is 2. The van der Waals surface area contributed by atoms with Crippen molar-refractivity contribution in [1.82, 2.24) is 4.90 Å². The maximum absolute atomic E-state index is 14.1. The zero-order chi connectivity index (χ0) is 15.6. The predicted molar refractivity (Wildman–Crippen MR) is 76.9 cm³/mol. The highest BCUT2D eigenvalue weighted by atomic mass is 19.1. The predicted octanol–water partition coefficient (Wildman–Crippen LogP) is 3.32. The molecule has 0 heterocycles. The number of halogens is 1. The van der Waals surface area contributed by atoms with Gasteiger partial charge in [-0.05, 0) is 44.9 Å². The number of carboxylic acid groups (broad SMARTS) is 1. The Morgan fingerprint density at radius 1 is 1.29 bits per heavy atom. The Balaban J connectivity index is 2.30. The Morgan fingerprint density at radius 3 is 2.38 bits per heavy atom. The monoisotopic (exact) mass is 293 g/mol. The zero-order valence-electron chi connectivity index (χ0n) is 12.3. The van der Waals surface area contributed by atoms with Crippen LogP contribution in [0.4, 0.5) is 4.39 Å². The van der Waals surface area contributed by atoms with Gasteiger partial charge in [0, 0.05) is 12.1 Å². The maximum atomic E-state index is 14.1. The first kappa shape index (κ1) is 15.5. The topological polar surface area (TPSA) is 57.6 Å². The summed E-state index contributed by atoms with van der Waals surface area (Å²) in [5.41, 5.74) is -0.207. The number of carbonyl (C=O) groups excluding carboxylic acids is 1. The van der Waals surface area contributed by atoms with Crippen LogP contribution in [0.15, 0.2) is 18.2 Å². The van der Waals surface area contributed by atoms with E-state index in [0.717, 1.165) is 31.7 Å². The Labute approximate surface area is 123 Å². The van der Waals surface area contributed by atoms with Crippen LogP contribution in [0.3, 0.4) is 0 Å². The Kier molecular flexibility index (Phi) is 4.60. The number of hydrogen-bond donors (Lipinski definition) is 1. The van der Waals surface area contributed by atoms with Gasteiger partial charge in [-0.1, -0.05) is 12.8 Å². The second kappa shape index (κ2) is 6.24. The number of amides is 1. The van der Waals surface area contributed by atoms with Gasteiger partial charge in [0.05, 0.1) is 11.1 Å². The van der Waals surface area contributed by atoms with Gasteiger partial charge in [-0.2, -0.15) is 0 Å². The fraction of sp³-hybridized carbons (Fsp3) is 0.500. The van der Waals surface area contributed by atoms with Crippen molar-refractivity contribution in [2.24, 2.45) is 0 Å². The minimum atomic E-state index is -1.20. The second-order valence-electron chi connectivity index (χ2n) is 5.74. The van der Waals surface area contributed by atoms with Gasteiger partial charge in [0.2, 0.25) is 0 Å².